The summed E-state index contributed by atoms with van der Waals surface area (Å²) in [6.07, 6.45) is 1.18. The molecule has 1 heterocycles. The molecule has 0 spiro atoms. The van der Waals surface area contributed by atoms with E-state index in [9.17, 15) is 14.9 Å². The second-order valence-corrected chi connectivity index (χ2v) is 4.32. The lowest BCUT2D eigenvalue weighted by Crippen LogP contribution is -2.14. The van der Waals surface area contributed by atoms with Gasteiger partial charge in [0.2, 0.25) is 10.7 Å². The number of halogens is 1. The molecule has 0 aliphatic rings. The number of amides is 1. The number of aromatic nitrogens is 3. The van der Waals surface area contributed by atoms with Gasteiger partial charge in [-0.25, -0.2) is 9.97 Å². The van der Waals surface area contributed by atoms with E-state index in [1.807, 2.05) is 0 Å². The van der Waals surface area contributed by atoms with Crippen molar-refractivity contribution in [2.75, 3.05) is 5.32 Å². The van der Waals surface area contributed by atoms with Crippen LogP contribution in [0.2, 0.25) is 5.02 Å². The van der Waals surface area contributed by atoms with Crippen LogP contribution in [-0.2, 0) is 0 Å². The number of nitrogens with zero attached hydrogens (tertiary/aromatic N) is 3. The molecule has 0 aliphatic carbocycles. The standard InChI is InChI=1S/C10H6ClN5O3S/c11-6-2-1-5(3-7(6)16(18)19)8(17)14-9-12-4-13-10(20)15-9/h1-4H,(H2,12,13,14,15,17,20). The fraction of sp³-hybridized carbons (Fsp3) is 0. The van der Waals surface area contributed by atoms with E-state index in [0.29, 0.717) is 0 Å². The summed E-state index contributed by atoms with van der Waals surface area (Å²) in [4.78, 5) is 32.0. The van der Waals surface area contributed by atoms with E-state index in [1.165, 1.54) is 18.5 Å². The summed E-state index contributed by atoms with van der Waals surface area (Å²) in [7, 11) is 0. The van der Waals surface area contributed by atoms with Crippen molar-refractivity contribution in [3.8, 4) is 0 Å². The highest BCUT2D eigenvalue weighted by atomic mass is 35.5. The molecule has 10 heteroatoms. The van der Waals surface area contributed by atoms with Crippen molar-refractivity contribution in [2.45, 2.75) is 0 Å². The maximum atomic E-state index is 11.9. The average molecular weight is 312 g/mol. The molecule has 0 unspecified atom stereocenters. The largest absolute Gasteiger partial charge is 0.301 e. The molecular formula is C10H6ClN5O3S. The van der Waals surface area contributed by atoms with Gasteiger partial charge in [0, 0.05) is 11.6 Å². The number of anilines is 1. The number of nitrogens with one attached hydrogen (secondary N) is 2. The Morgan fingerprint density at radius 1 is 1.45 bits per heavy atom. The summed E-state index contributed by atoms with van der Waals surface area (Å²) < 4.78 is 0.150. The van der Waals surface area contributed by atoms with E-state index in [1.54, 1.807) is 0 Å². The van der Waals surface area contributed by atoms with Crippen LogP contribution in [0.3, 0.4) is 0 Å². The summed E-state index contributed by atoms with van der Waals surface area (Å²) in [6.45, 7) is 0. The van der Waals surface area contributed by atoms with Gasteiger partial charge in [-0.05, 0) is 24.4 Å². The zero-order chi connectivity index (χ0) is 14.7. The molecule has 0 aliphatic heterocycles. The Morgan fingerprint density at radius 3 is 2.85 bits per heavy atom. The third kappa shape index (κ3) is 3.13. The number of benzene rings is 1. The smallest absolute Gasteiger partial charge is 0.288 e. The van der Waals surface area contributed by atoms with Crippen LogP contribution in [0.25, 0.3) is 0 Å². The van der Waals surface area contributed by atoms with Gasteiger partial charge in [0.25, 0.3) is 11.6 Å². The first-order valence-corrected chi connectivity index (χ1v) is 5.92. The number of nitro groups is 1. The number of carbonyl (C=O) groups is 1. The lowest BCUT2D eigenvalue weighted by atomic mass is 10.2. The molecule has 2 aromatic rings. The van der Waals surface area contributed by atoms with Crippen LogP contribution in [0.15, 0.2) is 24.5 Å². The van der Waals surface area contributed by atoms with Crippen molar-refractivity contribution >= 4 is 41.4 Å². The van der Waals surface area contributed by atoms with E-state index in [4.69, 9.17) is 23.8 Å². The third-order valence-corrected chi connectivity index (χ3v) is 2.75. The number of nitro benzene ring substituents is 1. The van der Waals surface area contributed by atoms with Crippen LogP contribution in [0.4, 0.5) is 11.6 Å². The molecule has 0 saturated heterocycles. The molecule has 8 nitrogen and oxygen atoms in total. The highest BCUT2D eigenvalue weighted by molar-refractivity contribution is 7.71. The van der Waals surface area contributed by atoms with Gasteiger partial charge in [-0.1, -0.05) is 11.6 Å². The van der Waals surface area contributed by atoms with Crippen LogP contribution < -0.4 is 5.32 Å². The Kier molecular flexibility index (Phi) is 4.01. The molecule has 2 rings (SSSR count). The van der Waals surface area contributed by atoms with Crippen LogP contribution in [0, 0.1) is 14.9 Å². The Bertz CT molecular complexity index is 748. The van der Waals surface area contributed by atoms with E-state index in [-0.39, 0.29) is 27.0 Å². The van der Waals surface area contributed by atoms with Crippen molar-refractivity contribution < 1.29 is 9.72 Å². The topological polar surface area (TPSA) is 114 Å². The second kappa shape index (κ2) is 5.72. The molecular weight excluding hydrogens is 306 g/mol. The first-order valence-electron chi connectivity index (χ1n) is 5.14. The van der Waals surface area contributed by atoms with Gasteiger partial charge in [-0.3, -0.25) is 20.2 Å². The average Bonchev–Trinajstić information content (AvgIpc) is 2.38. The lowest BCUT2D eigenvalue weighted by molar-refractivity contribution is -0.384. The molecule has 0 radical (unpaired) electrons. The number of aromatic amines is 1. The van der Waals surface area contributed by atoms with Gasteiger partial charge in [-0.15, -0.1) is 0 Å². The molecule has 1 aromatic heterocycles. The molecule has 1 aromatic carbocycles. The predicted octanol–water partition coefficient (Wildman–Crippen LogP) is 2.35. The summed E-state index contributed by atoms with van der Waals surface area (Å²) in [6, 6.07) is 3.71. The first kappa shape index (κ1) is 14.0. The fourth-order valence-corrected chi connectivity index (χ4v) is 1.67. The van der Waals surface area contributed by atoms with Crippen molar-refractivity contribution in [2.24, 2.45) is 0 Å². The number of carbonyl (C=O) groups excluding carboxylic acids is 1. The minimum absolute atomic E-state index is 0.0482. The highest BCUT2D eigenvalue weighted by Gasteiger charge is 2.16. The quantitative estimate of drug-likeness (QED) is 0.511. The van der Waals surface area contributed by atoms with Crippen LogP contribution in [0.5, 0.6) is 0 Å². The highest BCUT2D eigenvalue weighted by Crippen LogP contribution is 2.25. The normalized spacial score (nSPS) is 10.1. The van der Waals surface area contributed by atoms with E-state index in [0.717, 1.165) is 6.07 Å². The van der Waals surface area contributed by atoms with Crippen LogP contribution in [0.1, 0.15) is 10.4 Å². The van der Waals surface area contributed by atoms with E-state index in [2.05, 4.69) is 20.3 Å². The number of H-pyrrole nitrogens is 1. The predicted molar refractivity (Wildman–Crippen MR) is 73.3 cm³/mol. The Morgan fingerprint density at radius 2 is 2.20 bits per heavy atom. The van der Waals surface area contributed by atoms with Gasteiger partial charge >= 0.3 is 0 Å². The fourth-order valence-electron chi connectivity index (χ4n) is 1.34. The summed E-state index contributed by atoms with van der Waals surface area (Å²) in [5.41, 5.74) is -0.283. The minimum Gasteiger partial charge on any atom is -0.301 e. The SMILES string of the molecule is O=C(Nc1ncnc(=S)[nH]1)c1ccc(Cl)c([N+](=O)[O-])c1. The van der Waals surface area contributed by atoms with Gasteiger partial charge in [0.1, 0.15) is 11.3 Å². The van der Waals surface area contributed by atoms with E-state index < -0.39 is 10.8 Å². The van der Waals surface area contributed by atoms with Gasteiger partial charge in [-0.2, -0.15) is 0 Å². The van der Waals surface area contributed by atoms with Crippen molar-refractivity contribution in [3.05, 3.63) is 50.0 Å². The van der Waals surface area contributed by atoms with Crippen LogP contribution >= 0.6 is 23.8 Å². The summed E-state index contributed by atoms with van der Waals surface area (Å²) in [5.74, 6) is -0.498. The number of hydrogen-bond acceptors (Lipinski definition) is 6. The van der Waals surface area contributed by atoms with E-state index >= 15 is 0 Å². The summed E-state index contributed by atoms with van der Waals surface area (Å²) in [5, 5.41) is 13.1. The first-order chi connectivity index (χ1) is 9.47. The Labute approximate surface area is 122 Å². The van der Waals surface area contributed by atoms with Gasteiger partial charge in [0.05, 0.1) is 4.92 Å². The van der Waals surface area contributed by atoms with Crippen LogP contribution in [-0.4, -0.2) is 25.8 Å². The lowest BCUT2D eigenvalue weighted by Gasteiger charge is -2.04. The molecule has 102 valence electrons. The molecule has 0 saturated carbocycles. The zero-order valence-electron chi connectivity index (χ0n) is 9.66. The molecule has 20 heavy (non-hydrogen) atoms. The molecule has 1 amide bonds. The Hall–Kier alpha value is -2.39. The Balaban J connectivity index is 2.28. The third-order valence-electron chi connectivity index (χ3n) is 2.22. The molecule has 0 atom stereocenters. The second-order valence-electron chi connectivity index (χ2n) is 3.53. The van der Waals surface area contributed by atoms with Crippen molar-refractivity contribution in [3.63, 3.8) is 0 Å². The number of hydrogen-bond donors (Lipinski definition) is 2. The molecule has 0 bridgehead atoms. The molecule has 2 N–H and O–H groups in total. The summed E-state index contributed by atoms with van der Waals surface area (Å²) >= 11 is 10.4. The van der Waals surface area contributed by atoms with Gasteiger partial charge in [0.15, 0.2) is 0 Å². The van der Waals surface area contributed by atoms with Crippen molar-refractivity contribution in [1.29, 1.82) is 0 Å². The van der Waals surface area contributed by atoms with Gasteiger partial charge < -0.3 is 4.98 Å². The zero-order valence-corrected chi connectivity index (χ0v) is 11.2. The maximum absolute atomic E-state index is 11.9. The molecule has 0 fully saturated rings. The maximum Gasteiger partial charge on any atom is 0.288 e. The minimum atomic E-state index is -0.669. The monoisotopic (exact) mass is 311 g/mol. The van der Waals surface area contributed by atoms with Crippen molar-refractivity contribution in [1.82, 2.24) is 15.0 Å². The number of rotatable bonds is 3.